The molecule has 7 heteroatoms. The Morgan fingerprint density at radius 3 is 2.50 bits per heavy atom. The molecule has 1 heterocycles. The average molecular weight is 353 g/mol. The van der Waals surface area contributed by atoms with Crippen molar-refractivity contribution in [3.63, 3.8) is 0 Å². The molecule has 2 aromatic rings. The standard InChI is InChI=1S/C17H14F3NO2S/c1-10-6-14(24)7-12-9-21(16(22)15(10)12)8-11-2-4-13(5-3-11)23-17(18,19)20/h2-7,24H,8-9H2,1H3. The molecule has 0 unspecified atom stereocenters. The maximum absolute atomic E-state index is 12.5. The quantitative estimate of drug-likeness (QED) is 0.832. The minimum Gasteiger partial charge on any atom is -0.406 e. The van der Waals surface area contributed by atoms with E-state index < -0.39 is 6.36 Å². The third-order valence-corrected chi connectivity index (χ3v) is 4.05. The van der Waals surface area contributed by atoms with Gasteiger partial charge < -0.3 is 9.64 Å². The number of amides is 1. The van der Waals surface area contributed by atoms with Crippen molar-refractivity contribution in [2.45, 2.75) is 31.3 Å². The van der Waals surface area contributed by atoms with Crippen molar-refractivity contribution in [1.82, 2.24) is 4.90 Å². The fraction of sp³-hybridized carbons (Fsp3) is 0.235. The number of carbonyl (C=O) groups is 1. The molecular weight excluding hydrogens is 339 g/mol. The van der Waals surface area contributed by atoms with Crippen LogP contribution in [0.1, 0.15) is 27.0 Å². The van der Waals surface area contributed by atoms with Gasteiger partial charge in [-0.1, -0.05) is 12.1 Å². The van der Waals surface area contributed by atoms with E-state index in [9.17, 15) is 18.0 Å². The molecule has 0 fully saturated rings. The molecule has 0 saturated heterocycles. The number of carbonyl (C=O) groups excluding carboxylic acids is 1. The van der Waals surface area contributed by atoms with Crippen LogP contribution in [-0.4, -0.2) is 17.2 Å². The lowest BCUT2D eigenvalue weighted by atomic mass is 10.0. The van der Waals surface area contributed by atoms with Gasteiger partial charge in [-0.3, -0.25) is 4.79 Å². The molecule has 3 nitrogen and oxygen atoms in total. The summed E-state index contributed by atoms with van der Waals surface area (Å²) in [5, 5.41) is 0. The SMILES string of the molecule is Cc1cc(S)cc2c1C(=O)N(Cc1ccc(OC(F)(F)F)cc1)C2. The molecule has 0 spiro atoms. The molecule has 1 aliphatic rings. The second-order valence-electron chi connectivity index (χ2n) is 5.65. The summed E-state index contributed by atoms with van der Waals surface area (Å²) >= 11 is 4.32. The molecule has 126 valence electrons. The number of nitrogens with zero attached hydrogens (tertiary/aromatic N) is 1. The van der Waals surface area contributed by atoms with E-state index in [1.54, 1.807) is 4.90 Å². The van der Waals surface area contributed by atoms with Crippen LogP contribution in [0, 0.1) is 6.92 Å². The molecule has 0 saturated carbocycles. The van der Waals surface area contributed by atoms with Gasteiger partial charge >= 0.3 is 6.36 Å². The van der Waals surface area contributed by atoms with E-state index in [4.69, 9.17) is 0 Å². The van der Waals surface area contributed by atoms with Gasteiger partial charge in [0.1, 0.15) is 5.75 Å². The van der Waals surface area contributed by atoms with Crippen LogP contribution in [0.25, 0.3) is 0 Å². The summed E-state index contributed by atoms with van der Waals surface area (Å²) in [6.07, 6.45) is -4.71. The van der Waals surface area contributed by atoms with Gasteiger partial charge in [-0.15, -0.1) is 25.8 Å². The lowest BCUT2D eigenvalue weighted by Gasteiger charge is -2.16. The number of fused-ring (bicyclic) bond motifs is 1. The Labute approximate surface area is 142 Å². The lowest BCUT2D eigenvalue weighted by molar-refractivity contribution is -0.274. The minimum absolute atomic E-state index is 0.0774. The van der Waals surface area contributed by atoms with Crippen molar-refractivity contribution in [2.24, 2.45) is 0 Å². The summed E-state index contributed by atoms with van der Waals surface area (Å²) in [4.78, 5) is 15.0. The zero-order valence-electron chi connectivity index (χ0n) is 12.7. The maximum Gasteiger partial charge on any atom is 0.573 e. The Bertz CT molecular complexity index is 788. The molecule has 2 aromatic carbocycles. The molecule has 0 N–H and O–H groups in total. The van der Waals surface area contributed by atoms with Crippen LogP contribution in [0.2, 0.25) is 0 Å². The molecule has 0 atom stereocenters. The van der Waals surface area contributed by atoms with Crippen molar-refractivity contribution < 1.29 is 22.7 Å². The van der Waals surface area contributed by atoms with Gasteiger partial charge in [0.15, 0.2) is 0 Å². The molecule has 1 aliphatic heterocycles. The highest BCUT2D eigenvalue weighted by Crippen LogP contribution is 2.30. The van der Waals surface area contributed by atoms with Crippen LogP contribution in [0.3, 0.4) is 0 Å². The number of aryl methyl sites for hydroxylation is 1. The largest absolute Gasteiger partial charge is 0.573 e. The van der Waals surface area contributed by atoms with Gasteiger partial charge in [0, 0.05) is 23.5 Å². The van der Waals surface area contributed by atoms with Gasteiger partial charge in [-0.05, 0) is 47.9 Å². The van der Waals surface area contributed by atoms with Crippen LogP contribution in [0.5, 0.6) is 5.75 Å². The molecular formula is C17H14F3NO2S. The summed E-state index contributed by atoms with van der Waals surface area (Å²) in [7, 11) is 0. The van der Waals surface area contributed by atoms with Gasteiger partial charge in [-0.2, -0.15) is 0 Å². The fourth-order valence-corrected chi connectivity index (χ4v) is 3.20. The molecule has 3 rings (SSSR count). The van der Waals surface area contributed by atoms with Gasteiger partial charge in [0.05, 0.1) is 0 Å². The molecule has 1 amide bonds. The topological polar surface area (TPSA) is 29.5 Å². The Morgan fingerprint density at radius 2 is 1.88 bits per heavy atom. The van der Waals surface area contributed by atoms with Crippen LogP contribution >= 0.6 is 12.6 Å². The predicted molar refractivity (Wildman–Crippen MR) is 85.1 cm³/mol. The van der Waals surface area contributed by atoms with Crippen molar-refractivity contribution in [2.75, 3.05) is 0 Å². The van der Waals surface area contributed by atoms with Gasteiger partial charge in [0.2, 0.25) is 0 Å². The third-order valence-electron chi connectivity index (χ3n) is 3.79. The molecule has 0 bridgehead atoms. The third kappa shape index (κ3) is 3.51. The lowest BCUT2D eigenvalue weighted by Crippen LogP contribution is -2.23. The monoisotopic (exact) mass is 353 g/mol. The van der Waals surface area contributed by atoms with E-state index in [-0.39, 0.29) is 11.7 Å². The summed E-state index contributed by atoms with van der Waals surface area (Å²) in [5.41, 5.74) is 3.21. The van der Waals surface area contributed by atoms with E-state index in [0.717, 1.165) is 21.6 Å². The van der Waals surface area contributed by atoms with Crippen molar-refractivity contribution >= 4 is 18.5 Å². The Kier molecular flexibility index (Phi) is 4.21. The number of ether oxygens (including phenoxy) is 1. The molecule has 0 aliphatic carbocycles. The Hall–Kier alpha value is -2.15. The number of thiol groups is 1. The van der Waals surface area contributed by atoms with Crippen LogP contribution < -0.4 is 4.74 Å². The second-order valence-corrected chi connectivity index (χ2v) is 6.17. The zero-order valence-corrected chi connectivity index (χ0v) is 13.6. The number of rotatable bonds is 3. The van der Waals surface area contributed by atoms with E-state index in [2.05, 4.69) is 17.4 Å². The summed E-state index contributed by atoms with van der Waals surface area (Å²) in [5.74, 6) is -0.357. The first-order chi connectivity index (χ1) is 11.2. The van der Waals surface area contributed by atoms with Crippen molar-refractivity contribution in [3.05, 3.63) is 58.7 Å². The fourth-order valence-electron chi connectivity index (χ4n) is 2.85. The van der Waals surface area contributed by atoms with Crippen LogP contribution in [-0.2, 0) is 13.1 Å². The minimum atomic E-state index is -4.71. The second kappa shape index (κ2) is 6.05. The highest BCUT2D eigenvalue weighted by atomic mass is 32.1. The average Bonchev–Trinajstić information content (AvgIpc) is 2.76. The first-order valence-electron chi connectivity index (χ1n) is 7.19. The van der Waals surface area contributed by atoms with Crippen molar-refractivity contribution in [1.29, 1.82) is 0 Å². The zero-order chi connectivity index (χ0) is 17.5. The summed E-state index contributed by atoms with van der Waals surface area (Å²) < 4.78 is 40.3. The highest BCUT2D eigenvalue weighted by molar-refractivity contribution is 7.80. The Balaban J connectivity index is 1.74. The predicted octanol–water partition coefficient (Wildman–Crippen LogP) is 4.34. The first kappa shape index (κ1) is 16.7. The number of alkyl halides is 3. The van der Waals surface area contributed by atoms with Crippen molar-refractivity contribution in [3.8, 4) is 5.75 Å². The molecule has 0 aromatic heterocycles. The number of halogens is 3. The van der Waals surface area contributed by atoms with E-state index in [0.29, 0.717) is 18.7 Å². The van der Waals surface area contributed by atoms with E-state index >= 15 is 0 Å². The molecule has 24 heavy (non-hydrogen) atoms. The summed E-state index contributed by atoms with van der Waals surface area (Å²) in [6.45, 7) is 2.65. The number of hydrogen-bond acceptors (Lipinski definition) is 3. The Morgan fingerprint density at radius 1 is 1.21 bits per heavy atom. The van der Waals surface area contributed by atoms with E-state index in [1.165, 1.54) is 24.3 Å². The normalized spacial score (nSPS) is 14.0. The van der Waals surface area contributed by atoms with Crippen LogP contribution in [0.4, 0.5) is 13.2 Å². The molecule has 0 radical (unpaired) electrons. The first-order valence-corrected chi connectivity index (χ1v) is 7.64. The smallest absolute Gasteiger partial charge is 0.406 e. The maximum atomic E-state index is 12.5. The van der Waals surface area contributed by atoms with Gasteiger partial charge in [-0.25, -0.2) is 0 Å². The van der Waals surface area contributed by atoms with Crippen LogP contribution in [0.15, 0.2) is 41.3 Å². The highest BCUT2D eigenvalue weighted by Gasteiger charge is 2.31. The number of benzene rings is 2. The van der Waals surface area contributed by atoms with E-state index in [1.807, 2.05) is 19.1 Å². The van der Waals surface area contributed by atoms with Gasteiger partial charge in [0.25, 0.3) is 5.91 Å². The summed E-state index contributed by atoms with van der Waals surface area (Å²) in [6, 6.07) is 9.24. The number of hydrogen-bond donors (Lipinski definition) is 1.